The fraction of sp³-hybridized carbons (Fsp3) is 0.395. The number of aryl methyl sites for hydroxylation is 1. The van der Waals surface area contributed by atoms with E-state index in [4.69, 9.17) is 15.5 Å². The molecule has 0 spiro atoms. The van der Waals surface area contributed by atoms with E-state index in [1.807, 2.05) is 34.6 Å². The average molecular weight is 1390 g/mol. The summed E-state index contributed by atoms with van der Waals surface area (Å²) in [5.41, 5.74) is 10.2. The van der Waals surface area contributed by atoms with Crippen LogP contribution in [0.3, 0.4) is 0 Å². The second-order valence-corrected chi connectivity index (χ2v) is 31.8. The van der Waals surface area contributed by atoms with E-state index in [2.05, 4.69) is 193 Å². The van der Waals surface area contributed by atoms with Gasteiger partial charge in [0.25, 0.3) is 0 Å². The van der Waals surface area contributed by atoms with E-state index in [-0.39, 0.29) is 89.1 Å². The van der Waals surface area contributed by atoms with Crippen LogP contribution >= 0.6 is 23.5 Å². The Bertz CT molecular complexity index is 4570. The molecular formula is C81H92IrN2O2S2-2. The van der Waals surface area contributed by atoms with Gasteiger partial charge in [-0.25, -0.2) is 0 Å². The van der Waals surface area contributed by atoms with Crippen LogP contribution in [0.4, 0.5) is 0 Å². The summed E-state index contributed by atoms with van der Waals surface area (Å²) >= 11 is 3.60. The van der Waals surface area contributed by atoms with Crippen molar-refractivity contribution in [3.63, 3.8) is 0 Å². The first kappa shape index (κ1) is 61.1. The molecule has 0 bridgehead atoms. The molecule has 1 radical (unpaired) electrons. The second-order valence-electron chi connectivity index (χ2n) is 29.7. The summed E-state index contributed by atoms with van der Waals surface area (Å²) in [6.07, 6.45) is 8.65. The van der Waals surface area contributed by atoms with E-state index in [9.17, 15) is 9.90 Å². The predicted octanol–water partition coefficient (Wildman–Crippen LogP) is 23.9. The molecule has 12 rings (SSSR count). The molecule has 0 unspecified atom stereocenters. The van der Waals surface area contributed by atoms with Gasteiger partial charge in [0.1, 0.15) is 5.76 Å². The molecule has 0 atom stereocenters. The third kappa shape index (κ3) is 13.9. The van der Waals surface area contributed by atoms with Crippen molar-refractivity contribution >= 4 is 93.9 Å². The second kappa shape index (κ2) is 25.8. The number of aromatic nitrogens is 2. The van der Waals surface area contributed by atoms with Crippen LogP contribution < -0.4 is 0 Å². The molecule has 1 N–H and O–H groups in total. The normalized spacial score (nSPS) is 14.0. The van der Waals surface area contributed by atoms with Gasteiger partial charge in [-0.3, -0.25) is 14.8 Å². The Labute approximate surface area is 554 Å². The molecule has 8 aromatic carbocycles. The minimum absolute atomic E-state index is 0. The number of carbonyl (C=O) groups excluding carboxylic acids is 1. The third-order valence-electron chi connectivity index (χ3n) is 17.5. The number of allylic oxidation sites excluding steroid dienone is 2. The Morgan fingerprint density at radius 3 is 1.42 bits per heavy atom. The summed E-state index contributed by atoms with van der Waals surface area (Å²) in [7, 11) is 0. The predicted molar refractivity (Wildman–Crippen MR) is 376 cm³/mol. The zero-order valence-corrected chi connectivity index (χ0v) is 59.4. The zero-order chi connectivity index (χ0) is 66.2. The van der Waals surface area contributed by atoms with E-state index >= 15 is 0 Å². The average Bonchev–Trinajstić information content (AvgIpc) is 0.718. The Balaban J connectivity index is 0.000000176. The molecule has 0 amide bonds. The number of pyridine rings is 2. The Hall–Kier alpha value is -5.82. The summed E-state index contributed by atoms with van der Waals surface area (Å²) in [5, 5.41) is 22.8. The summed E-state index contributed by atoms with van der Waals surface area (Å²) in [6, 6.07) is 40.4. The Morgan fingerprint density at radius 1 is 0.545 bits per heavy atom. The van der Waals surface area contributed by atoms with Gasteiger partial charge in [0.15, 0.2) is 5.78 Å². The number of nitrogens with zero attached hydrogens (tertiary/aromatic N) is 2. The van der Waals surface area contributed by atoms with Crippen LogP contribution in [0.5, 0.6) is 0 Å². The molecule has 0 aliphatic carbocycles. The fourth-order valence-electron chi connectivity index (χ4n) is 12.7. The largest absolute Gasteiger partial charge is 0.512 e. The number of fused-ring (bicyclic) bond motifs is 10. The maximum absolute atomic E-state index is 11.9. The number of benzene rings is 8. The standard InChI is InChI=1S/C34H34NS.C33H32NS.C14H26O2.Ir/c1-20-11-12-23-22(15-20)16-27-31-30-25(13-14-35-31)24-10-8-9-21(18-33(2,3)4)26(24)17-29(30)36-32(27)28(23)19-34(5,6)7;1-32(2,3)18-21-11-9-13-23-24-14-15-34-30-26-16-20-10-7-8-12-22(20)27(19-33(4,5)6)31(26)35-28(29(24)30)17-25(21)23;1-6-11(7-2)12(15)10-13(16)14(5,8-3)9-4;/h8-15,17H,18-19H2,1-7H3;7-15,17H,18-19H2,1-6H3;10-11,16H,6-9H2,1-5H3;/q2*-1;;/b;;13-10-;/i13D,14D;14D,15D;;. The van der Waals surface area contributed by atoms with Gasteiger partial charge in [-0.1, -0.05) is 223 Å². The molecule has 10 aromatic rings. The van der Waals surface area contributed by atoms with Crippen LogP contribution in [-0.4, -0.2) is 20.9 Å². The van der Waals surface area contributed by atoms with E-state index in [0.717, 1.165) is 127 Å². The van der Waals surface area contributed by atoms with Crippen molar-refractivity contribution < 1.29 is 35.5 Å². The number of rotatable bonds is 11. The third-order valence-corrected chi connectivity index (χ3v) is 19.9. The van der Waals surface area contributed by atoms with Crippen molar-refractivity contribution in [3.05, 3.63) is 167 Å². The number of hydrogen-bond acceptors (Lipinski definition) is 6. The van der Waals surface area contributed by atoms with Gasteiger partial charge in [-0.05, 0) is 168 Å². The van der Waals surface area contributed by atoms with Crippen molar-refractivity contribution in [1.29, 1.82) is 0 Å². The van der Waals surface area contributed by atoms with Gasteiger partial charge in [-0.15, -0.1) is 58.6 Å². The number of aliphatic hydroxyl groups is 1. The number of aliphatic hydroxyl groups excluding tert-OH is 1. The van der Waals surface area contributed by atoms with Gasteiger partial charge >= 0.3 is 0 Å². The van der Waals surface area contributed by atoms with Crippen LogP contribution in [-0.2, 0) is 50.6 Å². The topological polar surface area (TPSA) is 63.1 Å². The van der Waals surface area contributed by atoms with Crippen molar-refractivity contribution in [1.82, 2.24) is 9.97 Å². The van der Waals surface area contributed by atoms with Gasteiger partial charge in [-0.2, -0.15) is 0 Å². The number of hydrogen-bond donors (Lipinski definition) is 1. The minimum Gasteiger partial charge on any atom is -0.512 e. The van der Waals surface area contributed by atoms with Crippen molar-refractivity contribution in [2.24, 2.45) is 33.0 Å². The van der Waals surface area contributed by atoms with Gasteiger partial charge in [0.2, 0.25) is 0 Å². The van der Waals surface area contributed by atoms with Crippen LogP contribution in [0.15, 0.2) is 147 Å². The maximum Gasteiger partial charge on any atom is 0.162 e. The van der Waals surface area contributed by atoms with Crippen molar-refractivity contribution in [3.8, 4) is 22.5 Å². The monoisotopic (exact) mass is 1390 g/mol. The molecule has 2 aromatic heterocycles. The summed E-state index contributed by atoms with van der Waals surface area (Å²) in [4.78, 5) is 26.0. The molecule has 461 valence electrons. The summed E-state index contributed by atoms with van der Waals surface area (Å²) in [5.74, 6) is 0.366. The van der Waals surface area contributed by atoms with Crippen LogP contribution in [0.25, 0.3) is 87.1 Å². The molecule has 2 aliphatic heterocycles. The number of carbonyl (C=O) groups is 1. The first-order valence-electron chi connectivity index (χ1n) is 33.6. The Kier molecular flexibility index (Phi) is 17.9. The van der Waals surface area contributed by atoms with Gasteiger partial charge in [0.05, 0.1) is 5.48 Å². The van der Waals surface area contributed by atoms with Gasteiger partial charge in [0, 0.05) is 71.0 Å². The summed E-state index contributed by atoms with van der Waals surface area (Å²) < 4.78 is 35.3. The first-order valence-corrected chi connectivity index (χ1v) is 33.3. The summed E-state index contributed by atoms with van der Waals surface area (Å²) in [6.45, 7) is 39.5. The van der Waals surface area contributed by atoms with Crippen LogP contribution in [0, 0.1) is 52.0 Å². The van der Waals surface area contributed by atoms with E-state index in [1.54, 1.807) is 23.5 Å². The minimum atomic E-state index is -0.248. The van der Waals surface area contributed by atoms with Crippen LogP contribution in [0.1, 0.15) is 177 Å². The molecule has 0 saturated carbocycles. The quantitative estimate of drug-likeness (QED) is 0.0603. The van der Waals surface area contributed by atoms with Crippen molar-refractivity contribution in [2.45, 2.75) is 196 Å². The molecule has 7 heteroatoms. The van der Waals surface area contributed by atoms with Gasteiger partial charge < -0.3 is 5.11 Å². The SMILES string of the molecule is CCC(CC)C(=O)/C=C(\O)C(C)(CC)CC.[2H]c1nc2c3c(cc4c(CC(C)(C)C)cccc4c3c1[2H])Sc1c-2[c-]c2cc(C)ccc2c1CC(C)(C)C.[2H]c1nc2c3c(cc4c(CC(C)(C)C)cccc4c3c1[2H])Sc1c-2[c-]c2ccccc2c1CC(C)(C)C.[Ir]. The molecule has 0 fully saturated rings. The fourth-order valence-corrected chi connectivity index (χ4v) is 15.3. The number of ketones is 1. The van der Waals surface area contributed by atoms with E-state index in [1.165, 1.54) is 65.2 Å². The molecule has 0 saturated heterocycles. The molecular weight excluding hydrogens is 1290 g/mol. The maximum atomic E-state index is 11.9. The first-order chi connectivity index (χ1) is 42.7. The molecule has 88 heavy (non-hydrogen) atoms. The zero-order valence-electron chi connectivity index (χ0n) is 59.4. The smallest absolute Gasteiger partial charge is 0.162 e. The van der Waals surface area contributed by atoms with Crippen molar-refractivity contribution in [2.75, 3.05) is 0 Å². The molecule has 4 nitrogen and oxygen atoms in total. The molecule has 4 heterocycles. The van der Waals surface area contributed by atoms with E-state index in [0.29, 0.717) is 0 Å². The Morgan fingerprint density at radius 2 is 0.977 bits per heavy atom. The van der Waals surface area contributed by atoms with Crippen LogP contribution in [0.2, 0.25) is 0 Å². The van der Waals surface area contributed by atoms with E-state index < -0.39 is 0 Å². The molecule has 2 aliphatic rings.